The summed E-state index contributed by atoms with van der Waals surface area (Å²) in [4.78, 5) is 8.59. The van der Waals surface area contributed by atoms with E-state index in [2.05, 4.69) is 55.7 Å². The number of benzene rings is 7. The second-order valence-corrected chi connectivity index (χ2v) is 19.6. The zero-order chi connectivity index (χ0) is 48.7. The topological polar surface area (TPSA) is 33.5 Å². The zero-order valence-electron chi connectivity index (χ0n) is 40.4. The molecular weight excluding hydrogens is 1050 g/mol. The normalized spacial score (nSPS) is 13.2. The maximum absolute atomic E-state index is 15.2. The van der Waals surface area contributed by atoms with Crippen molar-refractivity contribution >= 4 is 44.6 Å². The molecule has 0 radical (unpaired) electrons. The maximum atomic E-state index is 15.2. The Morgan fingerprint density at radius 1 is 0.609 bits per heavy atom. The minimum absolute atomic E-state index is 0. The van der Waals surface area contributed by atoms with Gasteiger partial charge in [0.15, 0.2) is 0 Å². The Kier molecular flexibility index (Phi) is 12.0. The Hall–Kier alpha value is -6.70. The number of pyridine rings is 1. The van der Waals surface area contributed by atoms with Gasteiger partial charge < -0.3 is 19.1 Å². The van der Waals surface area contributed by atoms with Crippen LogP contribution in [-0.2, 0) is 31.9 Å². The van der Waals surface area contributed by atoms with Crippen molar-refractivity contribution in [2.75, 3.05) is 9.80 Å². The van der Waals surface area contributed by atoms with E-state index in [0.29, 0.717) is 50.9 Å². The number of halogens is 4. The molecule has 0 bridgehead atoms. The molecule has 0 spiro atoms. The molecule has 0 unspecified atom stereocenters. The molecule has 0 N–H and O–H groups in total. The van der Waals surface area contributed by atoms with Gasteiger partial charge in [0, 0.05) is 86.0 Å². The summed E-state index contributed by atoms with van der Waals surface area (Å²) in [6.07, 6.45) is 1.83. The first-order valence-corrected chi connectivity index (χ1v) is 22.5. The molecule has 10 heteroatoms. The monoisotopic (exact) mass is 1100 g/mol. The van der Waals surface area contributed by atoms with Gasteiger partial charge in [-0.2, -0.15) is 6.07 Å². The summed E-state index contributed by atoms with van der Waals surface area (Å²) in [6, 6.07) is 44.9. The summed E-state index contributed by atoms with van der Waals surface area (Å²) < 4.78 is 78.9. The third-order valence-corrected chi connectivity index (χ3v) is 12.5. The number of hydrogen-bond donors (Lipinski definition) is 0. The second kappa shape index (κ2) is 18.0. The molecule has 3 heterocycles. The van der Waals surface area contributed by atoms with Gasteiger partial charge in [0.1, 0.15) is 29.1 Å². The van der Waals surface area contributed by atoms with Crippen LogP contribution in [0.2, 0.25) is 0 Å². The quantitative estimate of drug-likeness (QED) is 0.112. The van der Waals surface area contributed by atoms with Crippen LogP contribution in [0, 0.1) is 42.1 Å². The van der Waals surface area contributed by atoms with Gasteiger partial charge in [0.05, 0.1) is 0 Å². The van der Waals surface area contributed by atoms with Crippen LogP contribution in [0.3, 0.4) is 0 Å². The van der Waals surface area contributed by atoms with Crippen LogP contribution in [0.4, 0.5) is 40.3 Å². The zero-order valence-corrected chi connectivity index (χ0v) is 41.7. The Bertz CT molecular complexity index is 3380. The van der Waals surface area contributed by atoms with E-state index in [1.807, 2.05) is 116 Å². The van der Waals surface area contributed by atoms with Crippen molar-refractivity contribution in [1.82, 2.24) is 9.55 Å². The first kappa shape index (κ1) is 46.0. The van der Waals surface area contributed by atoms with Gasteiger partial charge in [-0.1, -0.05) is 91.2 Å². The van der Waals surface area contributed by atoms with Crippen molar-refractivity contribution in [3.05, 3.63) is 198 Å². The van der Waals surface area contributed by atoms with Gasteiger partial charge >= 0.3 is 0 Å². The largest absolute Gasteiger partial charge is 0.509 e. The van der Waals surface area contributed by atoms with Crippen molar-refractivity contribution in [3.63, 3.8) is 0 Å². The van der Waals surface area contributed by atoms with Gasteiger partial charge in [-0.25, -0.2) is 22.5 Å². The predicted molar refractivity (Wildman–Crippen MR) is 266 cm³/mol. The van der Waals surface area contributed by atoms with E-state index in [0.717, 1.165) is 50.9 Å². The molecule has 2 aromatic heterocycles. The van der Waals surface area contributed by atoms with Crippen molar-refractivity contribution in [2.45, 2.75) is 72.1 Å². The molecule has 0 saturated heterocycles. The van der Waals surface area contributed by atoms with Crippen molar-refractivity contribution in [2.24, 2.45) is 0 Å². The van der Waals surface area contributed by atoms with Crippen molar-refractivity contribution in [3.8, 4) is 39.6 Å². The molecule has 0 atom stereocenters. The summed E-state index contributed by atoms with van der Waals surface area (Å²) in [7, 11) is 0. The fourth-order valence-electron chi connectivity index (χ4n) is 8.97. The third-order valence-electron chi connectivity index (χ3n) is 12.5. The number of hydrogen-bond acceptors (Lipinski definition) is 4. The molecule has 5 nitrogen and oxygen atoms in total. The SMILES string of the molecule is [2H]C(C)(C)c1cc(Oc2[c-]c3c(cc2)c2ccccc2n3-c2cc(C(C)(C)C)ccn2)[c-]c(N2[CH-]N(c3c(-c4cc(F)cc(F)c4)cc(C(C)(C)C)cc3-c3cc(F)cc(F)c3)c3ccccc32)c1.[Pt]. The first-order chi connectivity index (χ1) is 32.7. The second-order valence-electron chi connectivity index (χ2n) is 19.6. The minimum atomic E-state index is -1.09. The fraction of sp³-hybridized carbons (Fsp3) is 0.186. The minimum Gasteiger partial charge on any atom is -0.509 e. The summed E-state index contributed by atoms with van der Waals surface area (Å²) in [5, 5.41) is 2.02. The number of rotatable bonds is 8. The Morgan fingerprint density at radius 3 is 1.78 bits per heavy atom. The van der Waals surface area contributed by atoms with Gasteiger partial charge in [-0.15, -0.1) is 53.6 Å². The first-order valence-electron chi connectivity index (χ1n) is 23.0. The van der Waals surface area contributed by atoms with Crippen LogP contribution < -0.4 is 14.5 Å². The molecule has 0 aliphatic carbocycles. The number of nitrogens with zero attached hydrogens (tertiary/aromatic N) is 4. The van der Waals surface area contributed by atoms with E-state index in [-0.39, 0.29) is 37.6 Å². The van der Waals surface area contributed by atoms with E-state index < -0.39 is 34.6 Å². The van der Waals surface area contributed by atoms with Gasteiger partial charge in [-0.3, -0.25) is 0 Å². The molecular formula is C59H49F4N4OPt-3. The summed E-state index contributed by atoms with van der Waals surface area (Å²) in [5.74, 6) is -2.67. The Balaban J connectivity index is 0.00000608. The summed E-state index contributed by atoms with van der Waals surface area (Å²) in [5.41, 5.74) is 7.39. The maximum Gasteiger partial charge on any atom is 0.135 e. The van der Waals surface area contributed by atoms with Crippen LogP contribution in [-0.4, -0.2) is 9.55 Å². The molecule has 10 rings (SSSR count). The number of fused-ring (bicyclic) bond motifs is 4. The van der Waals surface area contributed by atoms with Crippen molar-refractivity contribution < 1.29 is 44.7 Å². The molecule has 9 aromatic rings. The molecule has 0 fully saturated rings. The van der Waals surface area contributed by atoms with Gasteiger partial charge in [-0.05, 0) is 111 Å². The third kappa shape index (κ3) is 9.05. The molecule has 1 aliphatic heterocycles. The van der Waals surface area contributed by atoms with Gasteiger partial charge in [0.25, 0.3) is 0 Å². The Labute approximate surface area is 416 Å². The molecule has 352 valence electrons. The molecule has 0 amide bonds. The summed E-state index contributed by atoms with van der Waals surface area (Å²) in [6.45, 7) is 17.9. The van der Waals surface area contributed by atoms with Crippen molar-refractivity contribution in [1.29, 1.82) is 0 Å². The fourth-order valence-corrected chi connectivity index (χ4v) is 8.97. The number of ether oxygens (including phenoxy) is 1. The van der Waals surface area contributed by atoms with E-state index in [9.17, 15) is 1.37 Å². The average molecular weight is 1100 g/mol. The molecule has 1 aliphatic rings. The van der Waals surface area contributed by atoms with Crippen LogP contribution >= 0.6 is 0 Å². The Morgan fingerprint density at radius 2 is 1.19 bits per heavy atom. The van der Waals surface area contributed by atoms with Crippen LogP contribution in [0.25, 0.3) is 49.9 Å². The molecule has 69 heavy (non-hydrogen) atoms. The number of para-hydroxylation sites is 3. The number of anilines is 4. The average Bonchev–Trinajstić information content (AvgIpc) is 3.83. The van der Waals surface area contributed by atoms with Crippen LogP contribution in [0.5, 0.6) is 11.5 Å². The van der Waals surface area contributed by atoms with Crippen LogP contribution in [0.1, 0.15) is 79.3 Å². The van der Waals surface area contributed by atoms with E-state index in [4.69, 9.17) is 9.72 Å². The summed E-state index contributed by atoms with van der Waals surface area (Å²) >= 11 is 0. The molecule has 0 saturated carbocycles. The standard InChI is InChI=1S/C59H49F4N4O.Pt/c1-35(2)36-25-45(32-47(26-36)68-46-17-18-49-48-13-9-10-14-52(48)67(55(49)33-46)56-29-39(19-20-64-56)58(3,4)5)65-34-66(54-16-12-11-15-53(54)65)57-50(37-21-41(60)30-42(61)22-37)27-40(59(6,7)8)28-51(57)38-23-43(62)31-44(63)24-38;/h9-31,34-35H,1-8H3;/q-3;/i35D;. The van der Waals surface area contributed by atoms with E-state index in [1.165, 1.54) is 24.3 Å². The van der Waals surface area contributed by atoms with E-state index in [1.54, 1.807) is 19.9 Å². The molecule has 7 aromatic carbocycles. The van der Waals surface area contributed by atoms with Gasteiger partial charge in [0.2, 0.25) is 0 Å². The predicted octanol–water partition coefficient (Wildman–Crippen LogP) is 16.6. The number of aromatic nitrogens is 2. The van der Waals surface area contributed by atoms with Crippen LogP contribution in [0.15, 0.2) is 140 Å². The smallest absolute Gasteiger partial charge is 0.135 e. The van der Waals surface area contributed by atoms with E-state index >= 15 is 17.6 Å².